The van der Waals surface area contributed by atoms with Crippen molar-refractivity contribution in [3.05, 3.63) is 71.8 Å². The number of para-hydroxylation sites is 1. The Morgan fingerprint density at radius 2 is 1.34 bits per heavy atom. The van der Waals surface area contributed by atoms with Crippen LogP contribution in [0.5, 0.6) is 0 Å². The average Bonchev–Trinajstić information content (AvgIpc) is 2.80. The number of benzene rings is 2. The lowest BCUT2D eigenvalue weighted by atomic mass is 9.96. The molecule has 1 fully saturated rings. The summed E-state index contributed by atoms with van der Waals surface area (Å²) in [6, 6.07) is 18.0. The summed E-state index contributed by atoms with van der Waals surface area (Å²) in [5.41, 5.74) is 9.69. The monoisotopic (exact) mass is 390 g/mol. The van der Waals surface area contributed by atoms with Crippen molar-refractivity contribution in [3.8, 4) is 0 Å². The Hall–Kier alpha value is -2.55. The highest BCUT2D eigenvalue weighted by Gasteiger charge is 2.14. The van der Waals surface area contributed by atoms with Crippen molar-refractivity contribution in [2.45, 2.75) is 70.3 Å². The summed E-state index contributed by atoms with van der Waals surface area (Å²) in [7, 11) is 0. The smallest absolute Gasteiger partial charge is 0.244 e. The normalized spacial score (nSPS) is 17.3. The van der Waals surface area contributed by atoms with Gasteiger partial charge in [-0.1, -0.05) is 99.9 Å². The number of rotatable bonds is 4. The fourth-order valence-electron chi connectivity index (χ4n) is 4.18. The van der Waals surface area contributed by atoms with Gasteiger partial charge in [0, 0.05) is 23.4 Å². The van der Waals surface area contributed by atoms with Gasteiger partial charge < -0.3 is 11.1 Å². The first kappa shape index (κ1) is 21.2. The highest BCUT2D eigenvalue weighted by molar-refractivity contribution is 6.00. The molecule has 1 saturated carbocycles. The third-order valence-electron chi connectivity index (χ3n) is 5.81. The third kappa shape index (κ3) is 6.77. The van der Waals surface area contributed by atoms with E-state index in [4.69, 9.17) is 5.73 Å². The van der Waals surface area contributed by atoms with Crippen LogP contribution in [0.2, 0.25) is 0 Å². The zero-order valence-electron chi connectivity index (χ0n) is 17.4. The van der Waals surface area contributed by atoms with Gasteiger partial charge in [-0.25, -0.2) is 0 Å². The van der Waals surface area contributed by atoms with Crippen LogP contribution in [0, 0.1) is 0 Å². The summed E-state index contributed by atoms with van der Waals surface area (Å²) in [6.07, 6.45) is 14.2. The molecule has 0 spiro atoms. The zero-order valence-corrected chi connectivity index (χ0v) is 17.4. The van der Waals surface area contributed by atoms with Gasteiger partial charge in [-0.2, -0.15) is 0 Å². The first-order chi connectivity index (χ1) is 14.2. The minimum absolute atomic E-state index is 0.0213. The van der Waals surface area contributed by atoms with Gasteiger partial charge >= 0.3 is 0 Å². The molecule has 3 heteroatoms. The van der Waals surface area contributed by atoms with Crippen molar-refractivity contribution in [2.24, 2.45) is 0 Å². The van der Waals surface area contributed by atoms with Gasteiger partial charge in [0.05, 0.1) is 0 Å². The molecular formula is C26H34N2O. The largest absolute Gasteiger partial charge is 0.398 e. The van der Waals surface area contributed by atoms with Crippen LogP contribution in [0.3, 0.4) is 0 Å². The first-order valence-electron chi connectivity index (χ1n) is 11.2. The number of anilines is 1. The number of nitrogen functional groups attached to an aromatic ring is 1. The lowest BCUT2D eigenvalue weighted by Crippen LogP contribution is -2.33. The van der Waals surface area contributed by atoms with Crippen molar-refractivity contribution in [2.75, 3.05) is 5.73 Å². The molecule has 3 rings (SSSR count). The van der Waals surface area contributed by atoms with E-state index in [1.54, 1.807) is 6.08 Å². The Labute approximate surface area is 175 Å². The molecule has 3 N–H and O–H groups in total. The minimum atomic E-state index is -0.0213. The molecule has 0 radical (unpaired) electrons. The van der Waals surface area contributed by atoms with Crippen molar-refractivity contribution in [1.29, 1.82) is 0 Å². The molecule has 2 aromatic rings. The van der Waals surface area contributed by atoms with Gasteiger partial charge in [0.1, 0.15) is 0 Å². The number of amides is 1. The molecule has 0 saturated heterocycles. The number of carbonyl (C=O) groups excluding carboxylic acids is 1. The molecule has 0 unspecified atom stereocenters. The van der Waals surface area contributed by atoms with Crippen molar-refractivity contribution in [1.82, 2.24) is 5.32 Å². The topological polar surface area (TPSA) is 55.1 Å². The molecule has 154 valence electrons. The van der Waals surface area contributed by atoms with Gasteiger partial charge in [0.2, 0.25) is 5.91 Å². The Morgan fingerprint density at radius 1 is 0.793 bits per heavy atom. The van der Waals surface area contributed by atoms with Crippen molar-refractivity contribution in [3.63, 3.8) is 0 Å². The van der Waals surface area contributed by atoms with Gasteiger partial charge in [-0.3, -0.25) is 4.79 Å². The molecule has 0 aliphatic heterocycles. The molecule has 0 aromatic heterocycles. The molecule has 1 amide bonds. The van der Waals surface area contributed by atoms with Crippen LogP contribution >= 0.6 is 0 Å². The van der Waals surface area contributed by atoms with Crippen LogP contribution < -0.4 is 11.1 Å². The summed E-state index contributed by atoms with van der Waals surface area (Å²) in [4.78, 5) is 13.0. The molecular weight excluding hydrogens is 356 g/mol. The third-order valence-corrected chi connectivity index (χ3v) is 5.81. The fourth-order valence-corrected chi connectivity index (χ4v) is 4.18. The predicted molar refractivity (Wildman–Crippen MR) is 122 cm³/mol. The van der Waals surface area contributed by atoms with E-state index in [1.807, 2.05) is 54.6 Å². The van der Waals surface area contributed by atoms with Crippen molar-refractivity contribution >= 4 is 17.2 Å². The maximum absolute atomic E-state index is 13.0. The maximum Gasteiger partial charge on any atom is 0.244 e. The Kier molecular flexibility index (Phi) is 8.36. The predicted octanol–water partition coefficient (Wildman–Crippen LogP) is 6.10. The molecule has 3 nitrogen and oxygen atoms in total. The molecule has 1 aliphatic carbocycles. The number of nitrogens with one attached hydrogen (secondary N) is 1. The number of nitrogens with two attached hydrogens (primary N) is 1. The van der Waals surface area contributed by atoms with E-state index in [-0.39, 0.29) is 11.9 Å². The Balaban J connectivity index is 1.77. The second kappa shape index (κ2) is 11.5. The highest BCUT2D eigenvalue weighted by atomic mass is 16.1. The maximum atomic E-state index is 13.0. The first-order valence-corrected chi connectivity index (χ1v) is 11.2. The van der Waals surface area contributed by atoms with Crippen molar-refractivity contribution < 1.29 is 4.79 Å². The quantitative estimate of drug-likeness (QED) is 0.489. The summed E-state index contributed by atoms with van der Waals surface area (Å²) >= 11 is 0. The fraction of sp³-hybridized carbons (Fsp3) is 0.423. The summed E-state index contributed by atoms with van der Waals surface area (Å²) in [6.45, 7) is 0. The molecule has 29 heavy (non-hydrogen) atoms. The number of hydrogen-bond donors (Lipinski definition) is 2. The second-order valence-corrected chi connectivity index (χ2v) is 8.12. The van der Waals surface area contributed by atoms with Crippen LogP contribution in [-0.2, 0) is 4.79 Å². The van der Waals surface area contributed by atoms with E-state index in [9.17, 15) is 4.79 Å². The lowest BCUT2D eigenvalue weighted by Gasteiger charge is -2.18. The number of carbonyl (C=O) groups is 1. The van der Waals surface area contributed by atoms with Crippen LogP contribution in [0.1, 0.15) is 75.3 Å². The van der Waals surface area contributed by atoms with E-state index >= 15 is 0 Å². The van der Waals surface area contributed by atoms with Gasteiger partial charge in [-0.05, 0) is 30.0 Å². The van der Waals surface area contributed by atoms with E-state index in [0.717, 1.165) is 29.5 Å². The number of hydrogen-bond acceptors (Lipinski definition) is 2. The van der Waals surface area contributed by atoms with Gasteiger partial charge in [0.25, 0.3) is 0 Å². The summed E-state index contributed by atoms with van der Waals surface area (Å²) in [5.74, 6) is -0.0213. The van der Waals surface area contributed by atoms with E-state index < -0.39 is 0 Å². The van der Waals surface area contributed by atoms with E-state index in [2.05, 4.69) is 5.32 Å². The van der Waals surface area contributed by atoms with E-state index in [1.165, 1.54) is 51.4 Å². The lowest BCUT2D eigenvalue weighted by molar-refractivity contribution is -0.117. The van der Waals surface area contributed by atoms with Crippen LogP contribution in [-0.4, -0.2) is 11.9 Å². The van der Waals surface area contributed by atoms with E-state index in [0.29, 0.717) is 5.69 Å². The average molecular weight is 391 g/mol. The summed E-state index contributed by atoms with van der Waals surface area (Å²) < 4.78 is 0. The SMILES string of the molecule is Nc1ccccc1/C(=C\C(=O)NC1CCCCCCCCCC1)c1ccccc1. The van der Waals surface area contributed by atoms with Crippen LogP contribution in [0.25, 0.3) is 5.57 Å². The Morgan fingerprint density at radius 3 is 1.97 bits per heavy atom. The molecule has 0 atom stereocenters. The molecule has 1 aliphatic rings. The van der Waals surface area contributed by atoms with Gasteiger partial charge in [-0.15, -0.1) is 0 Å². The molecule has 0 bridgehead atoms. The van der Waals surface area contributed by atoms with Crippen LogP contribution in [0.4, 0.5) is 5.69 Å². The Bertz CT molecular complexity index is 785. The standard InChI is InChI=1S/C26H34N2O/c27-25-19-13-12-18-23(25)24(21-14-8-7-9-15-21)20-26(29)28-22-16-10-5-3-1-2-4-6-11-17-22/h7-9,12-15,18-20,22H,1-6,10-11,16-17,27H2,(H,28,29)/b24-20-. The van der Waals surface area contributed by atoms with Gasteiger partial charge in [0.15, 0.2) is 0 Å². The zero-order chi connectivity index (χ0) is 20.3. The minimum Gasteiger partial charge on any atom is -0.398 e. The summed E-state index contributed by atoms with van der Waals surface area (Å²) in [5, 5.41) is 3.29. The van der Waals surface area contributed by atoms with Crippen LogP contribution in [0.15, 0.2) is 60.7 Å². The molecule has 0 heterocycles. The molecule has 2 aromatic carbocycles. The second-order valence-electron chi connectivity index (χ2n) is 8.12. The highest BCUT2D eigenvalue weighted by Crippen LogP contribution is 2.27.